The van der Waals surface area contributed by atoms with Crippen molar-refractivity contribution in [3.05, 3.63) is 70.0 Å². The lowest BCUT2D eigenvalue weighted by molar-refractivity contribution is -0.384. The minimum absolute atomic E-state index is 0.142. The molecule has 0 unspecified atom stereocenters. The van der Waals surface area contributed by atoms with E-state index in [4.69, 9.17) is 4.42 Å². The average Bonchev–Trinajstić information content (AvgIpc) is 2.84. The highest BCUT2D eigenvalue weighted by atomic mass is 16.6. The quantitative estimate of drug-likeness (QED) is 0.452. The maximum atomic E-state index is 12.3. The number of ketones is 1. The van der Waals surface area contributed by atoms with Crippen LogP contribution in [-0.2, 0) is 0 Å². The summed E-state index contributed by atoms with van der Waals surface area (Å²) in [5, 5.41) is 21.0. The highest BCUT2D eigenvalue weighted by molar-refractivity contribution is 6.11. The van der Waals surface area contributed by atoms with Crippen molar-refractivity contribution in [2.45, 2.75) is 0 Å². The van der Waals surface area contributed by atoms with Gasteiger partial charge in [-0.15, -0.1) is 0 Å². The van der Waals surface area contributed by atoms with Gasteiger partial charge in [0, 0.05) is 17.7 Å². The Morgan fingerprint density at radius 3 is 2.52 bits per heavy atom. The fourth-order valence-corrected chi connectivity index (χ4v) is 2.06. The molecule has 3 aromatic rings. The van der Waals surface area contributed by atoms with Gasteiger partial charge in [-0.3, -0.25) is 14.9 Å². The Kier molecular flexibility index (Phi) is 2.91. The summed E-state index contributed by atoms with van der Waals surface area (Å²) in [6.45, 7) is 0. The molecule has 0 aliphatic rings. The summed E-state index contributed by atoms with van der Waals surface area (Å²) in [5.41, 5.74) is 0.399. The molecule has 3 rings (SSSR count). The zero-order valence-electron chi connectivity index (χ0n) is 10.6. The van der Waals surface area contributed by atoms with Gasteiger partial charge in [0.05, 0.1) is 10.3 Å². The van der Waals surface area contributed by atoms with E-state index in [0.717, 1.165) is 0 Å². The van der Waals surface area contributed by atoms with E-state index in [-0.39, 0.29) is 28.2 Å². The first kappa shape index (κ1) is 12.9. The van der Waals surface area contributed by atoms with Crippen molar-refractivity contribution in [3.8, 4) is 5.75 Å². The number of nitro groups is 1. The number of hydrogen-bond acceptors (Lipinski definition) is 5. The molecular weight excluding hydrogens is 274 g/mol. The van der Waals surface area contributed by atoms with E-state index in [1.165, 1.54) is 18.2 Å². The molecule has 0 atom stereocenters. The van der Waals surface area contributed by atoms with E-state index in [1.54, 1.807) is 30.3 Å². The molecule has 6 nitrogen and oxygen atoms in total. The number of rotatable bonds is 3. The van der Waals surface area contributed by atoms with Crippen molar-refractivity contribution < 1.29 is 19.2 Å². The Hall–Kier alpha value is -3.15. The summed E-state index contributed by atoms with van der Waals surface area (Å²) in [4.78, 5) is 22.4. The van der Waals surface area contributed by atoms with Crippen LogP contribution in [0.3, 0.4) is 0 Å². The lowest BCUT2D eigenvalue weighted by atomic mass is 10.1. The zero-order valence-corrected chi connectivity index (χ0v) is 10.6. The maximum absolute atomic E-state index is 12.3. The molecule has 6 heteroatoms. The Bertz CT molecular complexity index is 851. The minimum Gasteiger partial charge on any atom is -0.504 e. The van der Waals surface area contributed by atoms with E-state index in [0.29, 0.717) is 5.56 Å². The van der Waals surface area contributed by atoms with Crippen molar-refractivity contribution in [1.29, 1.82) is 0 Å². The predicted octanol–water partition coefficient (Wildman–Crippen LogP) is 3.28. The molecule has 104 valence electrons. The van der Waals surface area contributed by atoms with Crippen LogP contribution in [0.1, 0.15) is 16.1 Å². The second kappa shape index (κ2) is 4.75. The van der Waals surface area contributed by atoms with Gasteiger partial charge in [-0.05, 0) is 6.07 Å². The summed E-state index contributed by atoms with van der Waals surface area (Å²) in [7, 11) is 0. The van der Waals surface area contributed by atoms with Crippen LogP contribution in [0.15, 0.2) is 52.9 Å². The molecule has 21 heavy (non-hydrogen) atoms. The molecule has 0 spiro atoms. The van der Waals surface area contributed by atoms with Gasteiger partial charge in [0.2, 0.25) is 11.5 Å². The highest BCUT2D eigenvalue weighted by Gasteiger charge is 2.22. The molecule has 0 amide bonds. The predicted molar refractivity (Wildman–Crippen MR) is 74.4 cm³/mol. The molecule has 0 saturated carbocycles. The number of benzene rings is 2. The topological polar surface area (TPSA) is 93.6 Å². The number of nitro benzene ring substituents is 1. The summed E-state index contributed by atoms with van der Waals surface area (Å²) >= 11 is 0. The fraction of sp³-hybridized carbons (Fsp3) is 0. The third-order valence-electron chi connectivity index (χ3n) is 3.10. The third-order valence-corrected chi connectivity index (χ3v) is 3.10. The summed E-state index contributed by atoms with van der Waals surface area (Å²) < 4.78 is 5.33. The van der Waals surface area contributed by atoms with Crippen LogP contribution in [0, 0.1) is 10.1 Å². The van der Waals surface area contributed by atoms with E-state index in [2.05, 4.69) is 0 Å². The van der Waals surface area contributed by atoms with E-state index in [1.807, 2.05) is 0 Å². The van der Waals surface area contributed by atoms with Gasteiger partial charge in [0.25, 0.3) is 5.69 Å². The number of nitrogens with zero attached hydrogens (tertiary/aromatic N) is 1. The Balaban J connectivity index is 2.14. The smallest absolute Gasteiger partial charge is 0.270 e. The van der Waals surface area contributed by atoms with Crippen LogP contribution in [0.2, 0.25) is 0 Å². The van der Waals surface area contributed by atoms with E-state index >= 15 is 0 Å². The first-order valence-corrected chi connectivity index (χ1v) is 6.07. The van der Waals surface area contributed by atoms with Crippen LogP contribution < -0.4 is 0 Å². The number of aromatic hydroxyl groups is 1. The zero-order chi connectivity index (χ0) is 15.0. The van der Waals surface area contributed by atoms with Crippen LogP contribution in [0.25, 0.3) is 11.0 Å². The molecule has 0 aliphatic carbocycles. The Morgan fingerprint density at radius 2 is 1.86 bits per heavy atom. The molecule has 1 N–H and O–H groups in total. The van der Waals surface area contributed by atoms with Gasteiger partial charge in [-0.1, -0.05) is 30.3 Å². The van der Waals surface area contributed by atoms with Crippen LogP contribution in [-0.4, -0.2) is 15.8 Å². The van der Waals surface area contributed by atoms with Crippen LogP contribution >= 0.6 is 0 Å². The van der Waals surface area contributed by atoms with Gasteiger partial charge >= 0.3 is 0 Å². The second-order valence-corrected chi connectivity index (χ2v) is 4.41. The molecule has 2 aromatic carbocycles. The molecule has 0 radical (unpaired) electrons. The number of hydrogen-bond donors (Lipinski definition) is 1. The lowest BCUT2D eigenvalue weighted by Gasteiger charge is -1.97. The van der Waals surface area contributed by atoms with Gasteiger partial charge in [0.15, 0.2) is 5.75 Å². The first-order chi connectivity index (χ1) is 10.1. The monoisotopic (exact) mass is 283 g/mol. The fourth-order valence-electron chi connectivity index (χ4n) is 2.06. The van der Waals surface area contributed by atoms with Crippen LogP contribution in [0.5, 0.6) is 5.75 Å². The Morgan fingerprint density at radius 1 is 1.14 bits per heavy atom. The summed E-state index contributed by atoms with van der Waals surface area (Å²) in [5.74, 6) is -1.09. The van der Waals surface area contributed by atoms with Crippen molar-refractivity contribution >= 4 is 22.4 Å². The average molecular weight is 283 g/mol. The van der Waals surface area contributed by atoms with Gasteiger partial charge in [0.1, 0.15) is 5.58 Å². The number of carbonyl (C=O) groups excluding carboxylic acids is 1. The second-order valence-electron chi connectivity index (χ2n) is 4.41. The van der Waals surface area contributed by atoms with Gasteiger partial charge in [-0.25, -0.2) is 0 Å². The number of fused-ring (bicyclic) bond motifs is 1. The molecule has 0 saturated heterocycles. The Labute approximate surface area is 118 Å². The standard InChI is InChI=1S/C15H9NO5/c17-13(9-4-2-1-3-5-9)15-14(18)11-8-10(16(19)20)6-7-12(11)21-15/h1-8,18H. The summed E-state index contributed by atoms with van der Waals surface area (Å²) in [6.07, 6.45) is 0. The minimum atomic E-state index is -0.579. The first-order valence-electron chi connectivity index (χ1n) is 6.07. The highest BCUT2D eigenvalue weighted by Crippen LogP contribution is 2.35. The molecule has 0 bridgehead atoms. The normalized spacial score (nSPS) is 10.7. The van der Waals surface area contributed by atoms with E-state index < -0.39 is 10.7 Å². The van der Waals surface area contributed by atoms with Crippen LogP contribution in [0.4, 0.5) is 5.69 Å². The van der Waals surface area contributed by atoms with Gasteiger partial charge in [-0.2, -0.15) is 0 Å². The van der Waals surface area contributed by atoms with Crippen molar-refractivity contribution in [1.82, 2.24) is 0 Å². The third kappa shape index (κ3) is 2.12. The number of carbonyl (C=O) groups is 1. The number of furan rings is 1. The molecule has 1 aromatic heterocycles. The number of non-ortho nitro benzene ring substituents is 1. The largest absolute Gasteiger partial charge is 0.504 e. The molecule has 0 aliphatic heterocycles. The SMILES string of the molecule is O=C(c1ccccc1)c1oc2ccc([N+](=O)[O-])cc2c1O. The lowest BCUT2D eigenvalue weighted by Crippen LogP contribution is -1.99. The van der Waals surface area contributed by atoms with Crippen molar-refractivity contribution in [3.63, 3.8) is 0 Å². The van der Waals surface area contributed by atoms with E-state index in [9.17, 15) is 20.0 Å². The van der Waals surface area contributed by atoms with Crippen molar-refractivity contribution in [2.75, 3.05) is 0 Å². The molecule has 0 fully saturated rings. The van der Waals surface area contributed by atoms with Gasteiger partial charge < -0.3 is 9.52 Å². The maximum Gasteiger partial charge on any atom is 0.270 e. The van der Waals surface area contributed by atoms with Crippen molar-refractivity contribution in [2.24, 2.45) is 0 Å². The summed E-state index contributed by atoms with van der Waals surface area (Å²) in [6, 6.07) is 12.1. The molecular formula is C15H9NO5. The molecule has 1 heterocycles.